The maximum atomic E-state index is 11.5. The van der Waals surface area contributed by atoms with E-state index < -0.39 is 7.60 Å². The van der Waals surface area contributed by atoms with Gasteiger partial charge < -0.3 is 33.1 Å². The van der Waals surface area contributed by atoms with E-state index in [-0.39, 0.29) is 19.4 Å². The van der Waals surface area contributed by atoms with Crippen LogP contribution in [-0.4, -0.2) is 85.5 Å². The molecule has 0 aliphatic heterocycles. The molecule has 0 amide bonds. The van der Waals surface area contributed by atoms with Gasteiger partial charge in [-0.3, -0.25) is 4.57 Å². The van der Waals surface area contributed by atoms with Crippen LogP contribution in [0.1, 0.15) is 89.3 Å². The molecule has 11 nitrogen and oxygen atoms in total. The lowest BCUT2D eigenvalue weighted by Gasteiger charge is -2.11. The van der Waals surface area contributed by atoms with Crippen molar-refractivity contribution >= 4 is 7.60 Å². The Kier molecular flexibility index (Phi) is 22.1. The maximum absolute atomic E-state index is 11.5. The maximum Gasteiger partial charge on any atom is 0.330 e. The van der Waals surface area contributed by atoms with Gasteiger partial charge in [-0.1, -0.05) is 82.1 Å². The summed E-state index contributed by atoms with van der Waals surface area (Å²) in [5.41, 5.74) is 1.90. The van der Waals surface area contributed by atoms with Crippen LogP contribution < -0.4 is 4.74 Å². The van der Waals surface area contributed by atoms with Crippen molar-refractivity contribution in [2.24, 2.45) is 0 Å². The summed E-state index contributed by atoms with van der Waals surface area (Å²) in [7, 11) is -3.53. The summed E-state index contributed by atoms with van der Waals surface area (Å²) in [6, 6.07) is 8.18. The number of aromatic nitrogens is 3. The third-order valence-corrected chi connectivity index (χ3v) is 8.25. The minimum absolute atomic E-state index is 0.0244. The van der Waals surface area contributed by atoms with Gasteiger partial charge >= 0.3 is 7.60 Å². The first-order valence-electron chi connectivity index (χ1n) is 16.4. The number of nitrogens with zero attached hydrogens (tertiary/aromatic N) is 3. The molecule has 252 valence electrons. The van der Waals surface area contributed by atoms with Crippen molar-refractivity contribution in [1.29, 1.82) is 0 Å². The lowest BCUT2D eigenvalue weighted by atomic mass is 10.1. The number of rotatable bonds is 30. The van der Waals surface area contributed by atoms with Crippen LogP contribution in [0, 0.1) is 0 Å². The lowest BCUT2D eigenvalue weighted by molar-refractivity contribution is -0.00331. The summed E-state index contributed by atoms with van der Waals surface area (Å²) >= 11 is 0. The molecule has 12 heteroatoms. The van der Waals surface area contributed by atoms with Crippen molar-refractivity contribution < 1.29 is 37.7 Å². The van der Waals surface area contributed by atoms with E-state index in [9.17, 15) is 9.46 Å². The lowest BCUT2D eigenvalue weighted by Crippen LogP contribution is -2.13. The van der Waals surface area contributed by atoms with Gasteiger partial charge in [0.1, 0.15) is 11.4 Å². The van der Waals surface area contributed by atoms with Crippen LogP contribution in [0.4, 0.5) is 0 Å². The highest BCUT2D eigenvalue weighted by atomic mass is 31.2. The van der Waals surface area contributed by atoms with Crippen molar-refractivity contribution in [3.05, 3.63) is 41.7 Å². The summed E-state index contributed by atoms with van der Waals surface area (Å²) in [6.45, 7) is 8.57. The summed E-state index contributed by atoms with van der Waals surface area (Å²) in [6.07, 6.45) is 15.1. The smallest absolute Gasteiger partial charge is 0.330 e. The van der Waals surface area contributed by atoms with Crippen molar-refractivity contribution in [2.75, 3.05) is 65.6 Å². The van der Waals surface area contributed by atoms with E-state index in [1.54, 1.807) is 11.6 Å². The molecule has 1 aromatic heterocycles. The molecular weight excluding hydrogens is 585 g/mol. The van der Waals surface area contributed by atoms with E-state index in [2.05, 4.69) is 29.4 Å². The SMILES string of the molecule is CCCCCCCCCCCCOc1ccc(Cn2cc(COCCOCCOCCOCCP(=O)(O)OCC)nn2)cc1. The molecule has 44 heavy (non-hydrogen) atoms. The van der Waals surface area contributed by atoms with Gasteiger partial charge in [0.05, 0.1) is 85.0 Å². The average molecular weight is 642 g/mol. The first-order chi connectivity index (χ1) is 21.5. The summed E-state index contributed by atoms with van der Waals surface area (Å²) in [5.74, 6) is 0.908. The first kappa shape index (κ1) is 38.3. The van der Waals surface area contributed by atoms with Crippen LogP contribution in [0.2, 0.25) is 0 Å². The molecule has 0 aliphatic rings. The Morgan fingerprint density at radius 1 is 0.727 bits per heavy atom. The zero-order valence-electron chi connectivity index (χ0n) is 27.0. The number of hydrogen-bond acceptors (Lipinski definition) is 9. The summed E-state index contributed by atoms with van der Waals surface area (Å²) < 4.78 is 45.8. The van der Waals surface area contributed by atoms with Gasteiger partial charge in [-0.25, -0.2) is 4.68 Å². The molecule has 0 saturated carbocycles. The molecule has 0 spiro atoms. The van der Waals surface area contributed by atoms with Gasteiger partial charge in [-0.2, -0.15) is 0 Å². The van der Waals surface area contributed by atoms with Gasteiger partial charge in [-0.05, 0) is 31.0 Å². The van der Waals surface area contributed by atoms with Crippen LogP contribution in [0.3, 0.4) is 0 Å². The third-order valence-electron chi connectivity index (χ3n) is 6.84. The van der Waals surface area contributed by atoms with Gasteiger partial charge in [-0.15, -0.1) is 5.10 Å². The Bertz CT molecular complexity index is 992. The molecule has 0 aliphatic carbocycles. The van der Waals surface area contributed by atoms with E-state index in [0.29, 0.717) is 52.8 Å². The Morgan fingerprint density at radius 3 is 1.91 bits per heavy atom. The van der Waals surface area contributed by atoms with Gasteiger partial charge in [0, 0.05) is 0 Å². The molecule has 0 fully saturated rings. The second-order valence-corrected chi connectivity index (χ2v) is 12.7. The van der Waals surface area contributed by atoms with Crippen LogP contribution >= 0.6 is 7.60 Å². The standard InChI is InChI=1S/C32H56N3O8P/c1-3-5-6-7-8-9-10-11-12-13-18-42-32-16-14-30(15-17-32)27-35-28-31(33-34-35)29-41-24-23-39-20-19-38-21-22-40-25-26-44(36,37)43-4-2/h14-17,28H,3-13,18-27,29H2,1-2H3,(H,36,37). The number of ether oxygens (including phenoxy) is 5. The molecule has 1 aromatic carbocycles. The van der Waals surface area contributed by atoms with E-state index in [0.717, 1.165) is 30.0 Å². The molecule has 2 rings (SSSR count). The number of hydrogen-bond donors (Lipinski definition) is 1. The van der Waals surface area contributed by atoms with E-state index in [4.69, 9.17) is 28.2 Å². The molecular formula is C32H56N3O8P. The monoisotopic (exact) mass is 641 g/mol. The second-order valence-electron chi connectivity index (χ2n) is 10.8. The quantitative estimate of drug-likeness (QED) is 0.0756. The van der Waals surface area contributed by atoms with Crippen molar-refractivity contribution in [2.45, 2.75) is 91.2 Å². The Labute approximate surface area is 264 Å². The van der Waals surface area contributed by atoms with Crippen molar-refractivity contribution in [1.82, 2.24) is 15.0 Å². The largest absolute Gasteiger partial charge is 0.494 e. The predicted molar refractivity (Wildman–Crippen MR) is 171 cm³/mol. The van der Waals surface area contributed by atoms with E-state index in [1.165, 1.54) is 57.8 Å². The fourth-order valence-corrected chi connectivity index (χ4v) is 5.31. The Morgan fingerprint density at radius 2 is 1.30 bits per heavy atom. The molecule has 1 unspecified atom stereocenters. The fraction of sp³-hybridized carbons (Fsp3) is 0.750. The van der Waals surface area contributed by atoms with Crippen LogP contribution in [0.5, 0.6) is 5.75 Å². The fourth-order valence-electron chi connectivity index (χ4n) is 4.42. The topological polar surface area (TPSA) is 123 Å². The third kappa shape index (κ3) is 20.2. The Hall–Kier alpha value is -1.85. The molecule has 0 bridgehead atoms. The molecule has 1 atom stereocenters. The van der Waals surface area contributed by atoms with E-state index >= 15 is 0 Å². The van der Waals surface area contributed by atoms with Crippen LogP contribution in [0.15, 0.2) is 30.5 Å². The highest BCUT2D eigenvalue weighted by Gasteiger charge is 2.17. The normalized spacial score (nSPS) is 12.9. The highest BCUT2D eigenvalue weighted by Crippen LogP contribution is 2.40. The molecule has 0 saturated heterocycles. The molecule has 2 aromatic rings. The zero-order valence-corrected chi connectivity index (χ0v) is 27.9. The molecule has 1 heterocycles. The minimum atomic E-state index is -3.53. The van der Waals surface area contributed by atoms with Crippen molar-refractivity contribution in [3.8, 4) is 5.75 Å². The predicted octanol–water partition coefficient (Wildman–Crippen LogP) is 6.41. The number of benzene rings is 1. The van der Waals surface area contributed by atoms with Crippen LogP contribution in [0.25, 0.3) is 0 Å². The summed E-state index contributed by atoms with van der Waals surface area (Å²) in [5, 5.41) is 8.39. The molecule has 1 N–H and O–H groups in total. The summed E-state index contributed by atoms with van der Waals surface area (Å²) in [4.78, 5) is 9.45. The van der Waals surface area contributed by atoms with Gasteiger partial charge in [0.2, 0.25) is 0 Å². The van der Waals surface area contributed by atoms with Crippen molar-refractivity contribution in [3.63, 3.8) is 0 Å². The van der Waals surface area contributed by atoms with Crippen LogP contribution in [-0.2, 0) is 41.2 Å². The average Bonchev–Trinajstić information content (AvgIpc) is 3.46. The second kappa shape index (κ2) is 25.4. The minimum Gasteiger partial charge on any atom is -0.494 e. The number of unbranched alkanes of at least 4 members (excludes halogenated alkanes) is 9. The first-order valence-corrected chi connectivity index (χ1v) is 18.2. The highest BCUT2D eigenvalue weighted by molar-refractivity contribution is 7.52. The van der Waals surface area contributed by atoms with Gasteiger partial charge in [0.15, 0.2) is 0 Å². The van der Waals surface area contributed by atoms with E-state index in [1.807, 2.05) is 18.3 Å². The molecule has 0 radical (unpaired) electrons. The zero-order chi connectivity index (χ0) is 31.6. The Balaban J connectivity index is 1.42. The van der Waals surface area contributed by atoms with Gasteiger partial charge in [0.25, 0.3) is 0 Å².